The molecule has 0 amide bonds. The van der Waals surface area contributed by atoms with Gasteiger partial charge >= 0.3 is 0 Å². The number of aliphatic hydroxyl groups is 1. The van der Waals surface area contributed by atoms with Crippen LogP contribution >= 0.6 is 0 Å². The summed E-state index contributed by atoms with van der Waals surface area (Å²) in [5.41, 5.74) is 2.05. The molecule has 2 rings (SSSR count). The van der Waals surface area contributed by atoms with Crippen LogP contribution < -0.4 is 4.74 Å². The number of aliphatic hydroxyl groups excluding tert-OH is 1. The summed E-state index contributed by atoms with van der Waals surface area (Å²) >= 11 is 0. The summed E-state index contributed by atoms with van der Waals surface area (Å²) < 4.78 is 5.38. The van der Waals surface area contributed by atoms with Gasteiger partial charge in [0.2, 0.25) is 0 Å². The molecule has 1 aromatic carbocycles. The van der Waals surface area contributed by atoms with Crippen molar-refractivity contribution in [2.24, 2.45) is 5.92 Å². The number of likely N-dealkylation sites (tertiary alicyclic amines) is 1. The summed E-state index contributed by atoms with van der Waals surface area (Å²) in [7, 11) is 1.66. The lowest BCUT2D eigenvalue weighted by molar-refractivity contribution is 0.0589. The van der Waals surface area contributed by atoms with Crippen molar-refractivity contribution in [1.82, 2.24) is 4.90 Å². The Bertz CT molecular complexity index is 447. The molecule has 1 N–H and O–H groups in total. The maximum atomic E-state index is 10.6. The average Bonchev–Trinajstić information content (AvgIpc) is 2.41. The fraction of sp³-hybridized carbons (Fsp3) is 0.647. The maximum absolute atomic E-state index is 10.6. The van der Waals surface area contributed by atoms with Crippen LogP contribution in [0.25, 0.3) is 0 Å². The van der Waals surface area contributed by atoms with Gasteiger partial charge in [-0.15, -0.1) is 0 Å². The van der Waals surface area contributed by atoms with E-state index in [-0.39, 0.29) is 0 Å². The predicted molar refractivity (Wildman–Crippen MR) is 82.1 cm³/mol. The lowest BCUT2D eigenvalue weighted by Crippen LogP contribution is -2.42. The lowest BCUT2D eigenvalue weighted by atomic mass is 9.92. The van der Waals surface area contributed by atoms with Gasteiger partial charge in [-0.3, -0.25) is 4.90 Å². The minimum Gasteiger partial charge on any atom is -0.496 e. The van der Waals surface area contributed by atoms with E-state index in [0.717, 1.165) is 29.3 Å². The Kier molecular flexibility index (Phi) is 5.06. The molecule has 0 saturated carbocycles. The van der Waals surface area contributed by atoms with E-state index >= 15 is 0 Å². The first-order valence-corrected chi connectivity index (χ1v) is 7.58. The molecule has 1 fully saturated rings. The van der Waals surface area contributed by atoms with Crippen LogP contribution in [-0.4, -0.2) is 36.2 Å². The van der Waals surface area contributed by atoms with Gasteiger partial charge in [0.05, 0.1) is 13.2 Å². The van der Waals surface area contributed by atoms with E-state index in [1.165, 1.54) is 12.8 Å². The molecule has 1 heterocycles. The van der Waals surface area contributed by atoms with E-state index in [1.54, 1.807) is 7.11 Å². The topological polar surface area (TPSA) is 32.7 Å². The van der Waals surface area contributed by atoms with Gasteiger partial charge in [-0.2, -0.15) is 0 Å². The van der Waals surface area contributed by atoms with E-state index in [0.29, 0.717) is 12.6 Å². The number of hydrogen-bond acceptors (Lipinski definition) is 3. The number of rotatable bonds is 4. The Morgan fingerprint density at radius 3 is 2.80 bits per heavy atom. The molecule has 3 unspecified atom stereocenters. The molecule has 0 aromatic heterocycles. The second-order valence-electron chi connectivity index (χ2n) is 6.23. The van der Waals surface area contributed by atoms with Gasteiger partial charge in [-0.1, -0.05) is 18.6 Å². The highest BCUT2D eigenvalue weighted by Crippen LogP contribution is 2.29. The fourth-order valence-corrected chi connectivity index (χ4v) is 3.16. The van der Waals surface area contributed by atoms with Gasteiger partial charge in [-0.25, -0.2) is 0 Å². The monoisotopic (exact) mass is 277 g/mol. The summed E-state index contributed by atoms with van der Waals surface area (Å²) in [6.45, 7) is 8.38. The van der Waals surface area contributed by atoms with Gasteiger partial charge in [0.1, 0.15) is 5.75 Å². The highest BCUT2D eigenvalue weighted by atomic mass is 16.5. The van der Waals surface area contributed by atoms with E-state index in [9.17, 15) is 5.11 Å². The SMILES string of the molecule is COc1ccc(C)cc1C(O)CN1CCC(C)CC1C. The van der Waals surface area contributed by atoms with E-state index < -0.39 is 6.10 Å². The number of aryl methyl sites for hydroxylation is 1. The molecule has 0 radical (unpaired) electrons. The number of hydrogen-bond donors (Lipinski definition) is 1. The third kappa shape index (κ3) is 3.53. The van der Waals surface area contributed by atoms with Gasteiger partial charge in [0.25, 0.3) is 0 Å². The molecule has 20 heavy (non-hydrogen) atoms. The second-order valence-corrected chi connectivity index (χ2v) is 6.23. The predicted octanol–water partition coefficient (Wildman–Crippen LogP) is 3.16. The smallest absolute Gasteiger partial charge is 0.124 e. The Labute approximate surface area is 122 Å². The largest absolute Gasteiger partial charge is 0.496 e. The summed E-state index contributed by atoms with van der Waals surface area (Å²) in [5.74, 6) is 1.58. The zero-order valence-electron chi connectivity index (χ0n) is 13.1. The number of methoxy groups -OCH3 is 1. The number of nitrogens with zero attached hydrogens (tertiary/aromatic N) is 1. The van der Waals surface area contributed by atoms with Crippen molar-refractivity contribution in [2.75, 3.05) is 20.2 Å². The number of benzene rings is 1. The van der Waals surface area contributed by atoms with Crippen molar-refractivity contribution in [1.29, 1.82) is 0 Å². The van der Waals surface area contributed by atoms with E-state index in [1.807, 2.05) is 25.1 Å². The molecule has 3 heteroatoms. The van der Waals surface area contributed by atoms with Crippen LogP contribution in [0.5, 0.6) is 5.75 Å². The first-order valence-electron chi connectivity index (χ1n) is 7.58. The Balaban J connectivity index is 2.08. The molecule has 0 bridgehead atoms. The molecular weight excluding hydrogens is 250 g/mol. The summed E-state index contributed by atoms with van der Waals surface area (Å²) in [5, 5.41) is 10.6. The molecule has 0 aliphatic carbocycles. The third-order valence-corrected chi connectivity index (χ3v) is 4.43. The summed E-state index contributed by atoms with van der Waals surface area (Å²) in [4.78, 5) is 2.40. The molecule has 3 nitrogen and oxygen atoms in total. The summed E-state index contributed by atoms with van der Waals surface area (Å²) in [6, 6.07) is 6.53. The Morgan fingerprint density at radius 1 is 1.40 bits per heavy atom. The highest BCUT2D eigenvalue weighted by Gasteiger charge is 2.25. The van der Waals surface area contributed by atoms with Crippen molar-refractivity contribution in [3.05, 3.63) is 29.3 Å². The lowest BCUT2D eigenvalue weighted by Gasteiger charge is -2.37. The van der Waals surface area contributed by atoms with E-state index in [2.05, 4.69) is 18.7 Å². The molecule has 112 valence electrons. The van der Waals surface area contributed by atoms with Crippen LogP contribution in [0.15, 0.2) is 18.2 Å². The van der Waals surface area contributed by atoms with E-state index in [4.69, 9.17) is 4.74 Å². The second kappa shape index (κ2) is 6.59. The van der Waals surface area contributed by atoms with Gasteiger partial charge < -0.3 is 9.84 Å². The third-order valence-electron chi connectivity index (χ3n) is 4.43. The Morgan fingerprint density at radius 2 is 2.15 bits per heavy atom. The first kappa shape index (κ1) is 15.3. The molecule has 1 aromatic rings. The number of ether oxygens (including phenoxy) is 1. The molecule has 3 atom stereocenters. The van der Waals surface area contributed by atoms with Crippen molar-refractivity contribution in [3.63, 3.8) is 0 Å². The maximum Gasteiger partial charge on any atom is 0.124 e. The summed E-state index contributed by atoms with van der Waals surface area (Å²) in [6.07, 6.45) is 1.96. The first-order chi connectivity index (χ1) is 9.51. The number of β-amino-alcohol motifs (C(OH)–C–C–N with tert-alkyl or cyclic N) is 1. The quantitative estimate of drug-likeness (QED) is 0.917. The van der Waals surface area contributed by atoms with Gasteiger partial charge in [-0.05, 0) is 51.3 Å². The van der Waals surface area contributed by atoms with Crippen molar-refractivity contribution >= 4 is 0 Å². The van der Waals surface area contributed by atoms with Crippen molar-refractivity contribution in [3.8, 4) is 5.75 Å². The minimum absolute atomic E-state index is 0.485. The van der Waals surface area contributed by atoms with Crippen molar-refractivity contribution in [2.45, 2.75) is 45.8 Å². The zero-order valence-corrected chi connectivity index (χ0v) is 13.1. The van der Waals surface area contributed by atoms with Crippen LogP contribution in [0.3, 0.4) is 0 Å². The molecule has 1 aliphatic rings. The standard InChI is InChI=1S/C17H27NO2/c1-12-5-6-17(20-4)15(10-12)16(19)11-18-8-7-13(2)9-14(18)3/h5-6,10,13-14,16,19H,7-9,11H2,1-4H3. The fourth-order valence-electron chi connectivity index (χ4n) is 3.16. The average molecular weight is 277 g/mol. The Hall–Kier alpha value is -1.06. The normalized spacial score (nSPS) is 25.4. The van der Waals surface area contributed by atoms with Gasteiger partial charge in [0, 0.05) is 18.2 Å². The van der Waals surface area contributed by atoms with Crippen LogP contribution in [0.4, 0.5) is 0 Å². The molecular formula is C17H27NO2. The highest BCUT2D eigenvalue weighted by molar-refractivity contribution is 5.38. The van der Waals surface area contributed by atoms with Gasteiger partial charge in [0.15, 0.2) is 0 Å². The van der Waals surface area contributed by atoms with Crippen LogP contribution in [-0.2, 0) is 0 Å². The van der Waals surface area contributed by atoms with Crippen molar-refractivity contribution < 1.29 is 9.84 Å². The van der Waals surface area contributed by atoms with Crippen LogP contribution in [0.2, 0.25) is 0 Å². The zero-order chi connectivity index (χ0) is 14.7. The molecule has 1 aliphatic heterocycles. The van der Waals surface area contributed by atoms with Crippen LogP contribution in [0, 0.1) is 12.8 Å². The van der Waals surface area contributed by atoms with Crippen LogP contribution in [0.1, 0.15) is 43.9 Å². The number of piperidine rings is 1. The minimum atomic E-state index is -0.485. The molecule has 0 spiro atoms. The molecule has 1 saturated heterocycles.